The van der Waals surface area contributed by atoms with Crippen LogP contribution in [0.3, 0.4) is 0 Å². The third-order valence-electron chi connectivity index (χ3n) is 5.67. The minimum atomic E-state index is -0.998. The summed E-state index contributed by atoms with van der Waals surface area (Å²) in [4.78, 5) is 24.7. The number of aliphatic hydroxyl groups excluding tert-OH is 2. The van der Waals surface area contributed by atoms with Crippen LogP contribution in [0.5, 0.6) is 0 Å². The lowest BCUT2D eigenvalue weighted by molar-refractivity contribution is 0.0402. The van der Waals surface area contributed by atoms with E-state index in [9.17, 15) is 19.8 Å². The van der Waals surface area contributed by atoms with E-state index in [1.54, 1.807) is 41.5 Å². The number of benzene rings is 2. The number of nitrogens with one attached hydrogen (secondary N) is 3. The smallest absolute Gasteiger partial charge is 0.407 e. The van der Waals surface area contributed by atoms with Crippen molar-refractivity contribution in [1.29, 1.82) is 0 Å². The molecular formula is C30H45N3O6. The first-order chi connectivity index (χ1) is 18.2. The van der Waals surface area contributed by atoms with Crippen LogP contribution in [0, 0.1) is 0 Å². The van der Waals surface area contributed by atoms with Crippen LogP contribution in [0.25, 0.3) is 0 Å². The van der Waals surface area contributed by atoms with Gasteiger partial charge in [0.05, 0.1) is 18.2 Å². The second kappa shape index (κ2) is 14.9. The summed E-state index contributed by atoms with van der Waals surface area (Å²) in [6.07, 6.45) is -2.38. The number of alkyl carbamates (subject to hydrolysis) is 2. The Bertz CT molecular complexity index is 1000. The van der Waals surface area contributed by atoms with Crippen LogP contribution in [0.4, 0.5) is 9.59 Å². The van der Waals surface area contributed by atoms with Crippen LogP contribution in [-0.2, 0) is 22.3 Å². The molecule has 2 amide bonds. The topological polar surface area (TPSA) is 129 Å². The summed E-state index contributed by atoms with van der Waals surface area (Å²) in [5, 5.41) is 30.8. The van der Waals surface area contributed by atoms with Crippen molar-refractivity contribution < 1.29 is 29.3 Å². The zero-order chi connectivity index (χ0) is 29.1. The molecule has 0 saturated carbocycles. The van der Waals surface area contributed by atoms with Crippen molar-refractivity contribution in [2.75, 3.05) is 13.1 Å². The summed E-state index contributed by atoms with van der Waals surface area (Å²) >= 11 is 0. The average Bonchev–Trinajstić information content (AvgIpc) is 2.83. The van der Waals surface area contributed by atoms with Gasteiger partial charge in [0.1, 0.15) is 11.2 Å². The fourth-order valence-corrected chi connectivity index (χ4v) is 3.88. The normalized spacial score (nSPS) is 15.0. The van der Waals surface area contributed by atoms with Gasteiger partial charge in [-0.05, 0) is 65.5 Å². The molecule has 9 heteroatoms. The van der Waals surface area contributed by atoms with Crippen LogP contribution in [0.15, 0.2) is 60.7 Å². The quantitative estimate of drug-likeness (QED) is 0.277. The zero-order valence-corrected chi connectivity index (χ0v) is 23.9. The number of hydrogen-bond acceptors (Lipinski definition) is 7. The maximum Gasteiger partial charge on any atom is 0.407 e. The zero-order valence-electron chi connectivity index (χ0n) is 23.9. The molecule has 2 rings (SSSR count). The van der Waals surface area contributed by atoms with Gasteiger partial charge in [-0.25, -0.2) is 9.59 Å². The van der Waals surface area contributed by atoms with E-state index in [2.05, 4.69) is 16.0 Å². The minimum Gasteiger partial charge on any atom is -0.444 e. The van der Waals surface area contributed by atoms with Crippen molar-refractivity contribution in [2.24, 2.45) is 0 Å². The molecule has 0 spiro atoms. The van der Waals surface area contributed by atoms with E-state index in [1.807, 2.05) is 60.7 Å². The summed E-state index contributed by atoms with van der Waals surface area (Å²) in [7, 11) is 0. The molecule has 0 aliphatic heterocycles. The number of ether oxygens (including phenoxy) is 2. The van der Waals surface area contributed by atoms with Gasteiger partial charge in [-0.1, -0.05) is 60.7 Å². The summed E-state index contributed by atoms with van der Waals surface area (Å²) < 4.78 is 10.7. The number of aliphatic hydroxyl groups is 2. The molecule has 0 aromatic heterocycles. The van der Waals surface area contributed by atoms with Crippen molar-refractivity contribution >= 4 is 12.2 Å². The predicted molar refractivity (Wildman–Crippen MR) is 151 cm³/mol. The Hall–Kier alpha value is -3.14. The number of amides is 2. The Balaban J connectivity index is 2.11. The molecule has 0 aliphatic rings. The van der Waals surface area contributed by atoms with Gasteiger partial charge in [-0.15, -0.1) is 0 Å². The van der Waals surface area contributed by atoms with Crippen molar-refractivity contribution in [3.63, 3.8) is 0 Å². The molecule has 0 heterocycles. The molecule has 2 aromatic rings. The minimum absolute atomic E-state index is 0.0425. The molecule has 4 atom stereocenters. The van der Waals surface area contributed by atoms with E-state index >= 15 is 0 Å². The van der Waals surface area contributed by atoms with Crippen molar-refractivity contribution in [3.05, 3.63) is 71.8 Å². The molecule has 2 unspecified atom stereocenters. The van der Waals surface area contributed by atoms with Gasteiger partial charge < -0.3 is 35.6 Å². The summed E-state index contributed by atoms with van der Waals surface area (Å²) in [6.45, 7) is 10.7. The summed E-state index contributed by atoms with van der Waals surface area (Å²) in [6, 6.07) is 18.0. The molecular weight excluding hydrogens is 498 g/mol. The highest BCUT2D eigenvalue weighted by Crippen LogP contribution is 2.12. The molecule has 2 aromatic carbocycles. The molecule has 0 aliphatic carbocycles. The Kier molecular flexibility index (Phi) is 12.2. The molecule has 39 heavy (non-hydrogen) atoms. The summed E-state index contributed by atoms with van der Waals surface area (Å²) in [5.74, 6) is 0. The first-order valence-electron chi connectivity index (χ1n) is 13.4. The van der Waals surface area contributed by atoms with Crippen molar-refractivity contribution in [1.82, 2.24) is 16.0 Å². The second-order valence-electron chi connectivity index (χ2n) is 11.7. The van der Waals surface area contributed by atoms with Crippen LogP contribution in [0.2, 0.25) is 0 Å². The van der Waals surface area contributed by atoms with Crippen LogP contribution in [-0.4, -0.2) is 71.0 Å². The molecule has 0 bridgehead atoms. The van der Waals surface area contributed by atoms with Crippen LogP contribution >= 0.6 is 0 Å². The lowest BCUT2D eigenvalue weighted by Gasteiger charge is -2.30. The largest absolute Gasteiger partial charge is 0.444 e. The number of rotatable bonds is 12. The predicted octanol–water partition coefficient (Wildman–Crippen LogP) is 3.57. The second-order valence-corrected chi connectivity index (χ2v) is 11.7. The Labute approximate surface area is 232 Å². The fraction of sp³-hybridized carbons (Fsp3) is 0.533. The first kappa shape index (κ1) is 32.1. The number of carbonyl (C=O) groups is 2. The van der Waals surface area contributed by atoms with E-state index in [-0.39, 0.29) is 13.1 Å². The molecule has 9 nitrogen and oxygen atoms in total. The fourth-order valence-electron chi connectivity index (χ4n) is 3.88. The van der Waals surface area contributed by atoms with Crippen molar-refractivity contribution in [3.8, 4) is 0 Å². The highest BCUT2D eigenvalue weighted by Gasteiger charge is 2.28. The van der Waals surface area contributed by atoms with Gasteiger partial charge in [0.25, 0.3) is 0 Å². The van der Waals surface area contributed by atoms with Gasteiger partial charge in [0.2, 0.25) is 0 Å². The lowest BCUT2D eigenvalue weighted by atomic mass is 9.98. The van der Waals surface area contributed by atoms with E-state index in [1.165, 1.54) is 0 Å². The SMILES string of the molecule is CC(C)(C)OC(=O)NC[C@H](O)[C@H](Cc1ccccc1)NCC(O)C(Cc1ccccc1)NC(=O)OC(C)(C)C. The van der Waals surface area contributed by atoms with Gasteiger partial charge >= 0.3 is 12.2 Å². The third-order valence-corrected chi connectivity index (χ3v) is 5.67. The third kappa shape index (κ3) is 13.5. The molecule has 0 fully saturated rings. The highest BCUT2D eigenvalue weighted by molar-refractivity contribution is 5.68. The van der Waals surface area contributed by atoms with Gasteiger partial charge in [0, 0.05) is 19.1 Å². The van der Waals surface area contributed by atoms with Crippen molar-refractivity contribution in [2.45, 2.75) is 89.9 Å². The summed E-state index contributed by atoms with van der Waals surface area (Å²) in [5.41, 5.74) is 0.584. The molecule has 0 saturated heterocycles. The van der Waals surface area contributed by atoms with Crippen LogP contribution < -0.4 is 16.0 Å². The van der Waals surface area contributed by atoms with Gasteiger partial charge in [-0.3, -0.25) is 0 Å². The van der Waals surface area contributed by atoms with E-state index in [4.69, 9.17) is 9.47 Å². The molecule has 5 N–H and O–H groups in total. The van der Waals surface area contributed by atoms with Gasteiger partial charge in [-0.2, -0.15) is 0 Å². The monoisotopic (exact) mass is 543 g/mol. The van der Waals surface area contributed by atoms with Crippen LogP contribution in [0.1, 0.15) is 52.7 Å². The first-order valence-corrected chi connectivity index (χ1v) is 13.4. The standard InChI is InChI=1S/C30H45N3O6/c1-29(2,3)38-27(36)32-20-25(34)23(17-21-13-9-7-10-14-21)31-19-26(35)24(18-22-15-11-8-12-16-22)33-28(37)39-30(4,5)6/h7-16,23-26,31,34-35H,17-20H2,1-6H3,(H,32,36)(H,33,37)/t23-,24?,25-,26?/m0/s1. The maximum absolute atomic E-state index is 12.5. The average molecular weight is 544 g/mol. The van der Waals surface area contributed by atoms with Gasteiger partial charge in [0.15, 0.2) is 0 Å². The van der Waals surface area contributed by atoms with E-state index in [0.717, 1.165) is 11.1 Å². The Morgan fingerprint density at radius 1 is 0.692 bits per heavy atom. The maximum atomic E-state index is 12.5. The van der Waals surface area contributed by atoms with E-state index in [0.29, 0.717) is 12.8 Å². The van der Waals surface area contributed by atoms with E-state index < -0.39 is 47.7 Å². The highest BCUT2D eigenvalue weighted by atomic mass is 16.6. The molecule has 216 valence electrons. The number of carbonyl (C=O) groups excluding carboxylic acids is 2. The molecule has 0 radical (unpaired) electrons. The number of hydrogen-bond donors (Lipinski definition) is 5. The lowest BCUT2D eigenvalue weighted by Crippen LogP contribution is -2.54. The Morgan fingerprint density at radius 3 is 1.62 bits per heavy atom. The Morgan fingerprint density at radius 2 is 1.13 bits per heavy atom.